The van der Waals surface area contributed by atoms with Gasteiger partial charge in [0.25, 0.3) is 0 Å². The molecule has 0 aliphatic carbocycles. The number of rotatable bonds is 3. The fourth-order valence-corrected chi connectivity index (χ4v) is 2.68. The second-order valence-electron chi connectivity index (χ2n) is 4.99. The van der Waals surface area contributed by atoms with Crippen LogP contribution in [0.1, 0.15) is 18.4 Å². The molecule has 0 spiro atoms. The van der Waals surface area contributed by atoms with Crippen LogP contribution in [0.3, 0.4) is 0 Å². The summed E-state index contributed by atoms with van der Waals surface area (Å²) in [7, 11) is 0. The minimum Gasteiger partial charge on any atom is -0.302 e. The summed E-state index contributed by atoms with van der Waals surface area (Å²) in [6.07, 6.45) is 2.60. The van der Waals surface area contributed by atoms with E-state index in [1.165, 1.54) is 0 Å². The molecule has 0 bridgehead atoms. The van der Waals surface area contributed by atoms with E-state index in [-0.39, 0.29) is 17.9 Å². The zero-order valence-corrected chi connectivity index (χ0v) is 12.0. The lowest BCUT2D eigenvalue weighted by atomic mass is 10.0. The fraction of sp³-hybridized carbons (Fsp3) is 0.267. The highest BCUT2D eigenvalue weighted by Crippen LogP contribution is 2.24. The van der Waals surface area contributed by atoms with Gasteiger partial charge in [0.1, 0.15) is 0 Å². The van der Waals surface area contributed by atoms with Gasteiger partial charge in [0.15, 0.2) is 0 Å². The number of benzene rings is 1. The number of fused-ring (bicyclic) bond motifs is 1. The molecule has 1 aliphatic heterocycles. The van der Waals surface area contributed by atoms with Crippen molar-refractivity contribution in [3.63, 3.8) is 0 Å². The van der Waals surface area contributed by atoms with Crippen LogP contribution in [0.2, 0.25) is 5.02 Å². The minimum atomic E-state index is -0.350. The molecule has 2 amide bonds. The van der Waals surface area contributed by atoms with Gasteiger partial charge >= 0.3 is 0 Å². The molecular weight excluding hydrogens is 290 g/mol. The predicted octanol–water partition coefficient (Wildman–Crippen LogP) is 1.78. The monoisotopic (exact) mass is 303 g/mol. The molecule has 1 saturated heterocycles. The van der Waals surface area contributed by atoms with Crippen molar-refractivity contribution in [2.75, 3.05) is 0 Å². The van der Waals surface area contributed by atoms with Gasteiger partial charge in [-0.1, -0.05) is 17.7 Å². The van der Waals surface area contributed by atoms with Gasteiger partial charge in [0.05, 0.1) is 11.6 Å². The van der Waals surface area contributed by atoms with Crippen LogP contribution in [-0.2, 0) is 16.1 Å². The van der Waals surface area contributed by atoms with Gasteiger partial charge in [-0.25, -0.2) is 0 Å². The van der Waals surface area contributed by atoms with E-state index < -0.39 is 0 Å². The third-order valence-electron chi connectivity index (χ3n) is 3.58. The van der Waals surface area contributed by atoms with E-state index in [4.69, 9.17) is 11.6 Å². The Morgan fingerprint density at radius 2 is 2.19 bits per heavy atom. The first-order valence-electron chi connectivity index (χ1n) is 6.74. The average Bonchev–Trinajstić information content (AvgIpc) is 2.48. The van der Waals surface area contributed by atoms with E-state index >= 15 is 0 Å². The minimum absolute atomic E-state index is 0.211. The summed E-state index contributed by atoms with van der Waals surface area (Å²) in [5, 5.41) is 7.05. The number of hydrogen-bond donors (Lipinski definition) is 2. The molecular formula is C15H14ClN3O2. The zero-order chi connectivity index (χ0) is 14.8. The van der Waals surface area contributed by atoms with Crippen molar-refractivity contribution < 1.29 is 9.59 Å². The number of pyridine rings is 1. The summed E-state index contributed by atoms with van der Waals surface area (Å²) in [5.41, 5.74) is 1.80. The maximum Gasteiger partial charge on any atom is 0.243 e. The normalized spacial score (nSPS) is 18.8. The van der Waals surface area contributed by atoms with Crippen LogP contribution >= 0.6 is 11.6 Å². The van der Waals surface area contributed by atoms with Crippen molar-refractivity contribution in [2.24, 2.45) is 0 Å². The van der Waals surface area contributed by atoms with Crippen molar-refractivity contribution in [1.82, 2.24) is 15.6 Å². The second-order valence-corrected chi connectivity index (χ2v) is 5.40. The summed E-state index contributed by atoms with van der Waals surface area (Å²) in [6.45, 7) is 0.497. The summed E-state index contributed by atoms with van der Waals surface area (Å²) >= 11 is 6.16. The van der Waals surface area contributed by atoms with Gasteiger partial charge in [-0.2, -0.15) is 0 Å². The lowest BCUT2D eigenvalue weighted by molar-refractivity contribution is -0.134. The third-order valence-corrected chi connectivity index (χ3v) is 3.91. The molecule has 0 saturated carbocycles. The maximum absolute atomic E-state index is 11.7. The Hall–Kier alpha value is -1.98. The number of carbonyl (C=O) groups excluding carboxylic acids is 2. The number of piperidine rings is 1. The quantitative estimate of drug-likeness (QED) is 0.848. The molecule has 3 rings (SSSR count). The van der Waals surface area contributed by atoms with Gasteiger partial charge in [-0.3, -0.25) is 19.9 Å². The van der Waals surface area contributed by atoms with Gasteiger partial charge in [-0.15, -0.1) is 0 Å². The highest BCUT2D eigenvalue weighted by molar-refractivity contribution is 6.35. The summed E-state index contributed by atoms with van der Waals surface area (Å²) in [5.74, 6) is -0.478. The predicted molar refractivity (Wildman–Crippen MR) is 79.8 cm³/mol. The smallest absolute Gasteiger partial charge is 0.243 e. The topological polar surface area (TPSA) is 71.1 Å². The molecule has 21 heavy (non-hydrogen) atoms. The van der Waals surface area contributed by atoms with E-state index in [0.717, 1.165) is 16.5 Å². The van der Waals surface area contributed by atoms with Crippen LogP contribution < -0.4 is 10.6 Å². The number of carbonyl (C=O) groups is 2. The molecule has 0 radical (unpaired) electrons. The Balaban J connectivity index is 1.78. The number of hydrogen-bond acceptors (Lipinski definition) is 4. The van der Waals surface area contributed by atoms with Crippen molar-refractivity contribution in [3.05, 3.63) is 41.0 Å². The molecule has 1 atom stereocenters. The number of aromatic nitrogens is 1. The Bertz CT molecular complexity index is 717. The molecule has 2 heterocycles. The Labute approximate surface area is 126 Å². The molecule has 1 aromatic heterocycles. The van der Waals surface area contributed by atoms with E-state index in [0.29, 0.717) is 24.4 Å². The second kappa shape index (κ2) is 5.79. The maximum atomic E-state index is 11.7. The first kappa shape index (κ1) is 14.0. The number of imide groups is 1. The van der Waals surface area contributed by atoms with Crippen LogP contribution in [0.5, 0.6) is 0 Å². The van der Waals surface area contributed by atoms with E-state index in [1.807, 2.05) is 24.3 Å². The molecule has 1 unspecified atom stereocenters. The van der Waals surface area contributed by atoms with E-state index in [9.17, 15) is 9.59 Å². The van der Waals surface area contributed by atoms with Gasteiger partial charge in [0, 0.05) is 29.6 Å². The highest BCUT2D eigenvalue weighted by Gasteiger charge is 2.25. The molecule has 1 aromatic carbocycles. The number of nitrogens with one attached hydrogen (secondary N) is 2. The van der Waals surface area contributed by atoms with Crippen LogP contribution in [0.25, 0.3) is 10.9 Å². The van der Waals surface area contributed by atoms with Crippen molar-refractivity contribution in [3.8, 4) is 0 Å². The Morgan fingerprint density at radius 1 is 1.33 bits per heavy atom. The van der Waals surface area contributed by atoms with E-state index in [2.05, 4.69) is 15.6 Å². The molecule has 2 N–H and O–H groups in total. The van der Waals surface area contributed by atoms with Gasteiger partial charge in [0.2, 0.25) is 11.8 Å². The fourth-order valence-electron chi connectivity index (χ4n) is 2.46. The number of amides is 2. The highest BCUT2D eigenvalue weighted by atomic mass is 35.5. The van der Waals surface area contributed by atoms with Crippen molar-refractivity contribution in [2.45, 2.75) is 25.4 Å². The van der Waals surface area contributed by atoms with Crippen LogP contribution in [0.15, 0.2) is 30.5 Å². The van der Waals surface area contributed by atoms with Crippen molar-refractivity contribution in [1.29, 1.82) is 0 Å². The third kappa shape index (κ3) is 2.89. The zero-order valence-electron chi connectivity index (χ0n) is 11.2. The van der Waals surface area contributed by atoms with E-state index in [1.54, 1.807) is 6.20 Å². The molecule has 1 aliphatic rings. The van der Waals surface area contributed by atoms with Crippen LogP contribution in [0, 0.1) is 0 Å². The largest absolute Gasteiger partial charge is 0.302 e. The van der Waals surface area contributed by atoms with Crippen LogP contribution in [0.4, 0.5) is 0 Å². The molecule has 5 nitrogen and oxygen atoms in total. The number of halogens is 1. The lowest BCUT2D eigenvalue weighted by Crippen LogP contribution is -2.50. The summed E-state index contributed by atoms with van der Waals surface area (Å²) in [4.78, 5) is 27.2. The standard InChI is InChI=1S/C15H14ClN3O2/c16-11-4-3-9(14-10(11)2-1-7-17-14)8-18-12-5-6-13(20)19-15(12)21/h1-4,7,12,18H,5-6,8H2,(H,19,20,21). The molecule has 108 valence electrons. The summed E-state index contributed by atoms with van der Waals surface area (Å²) in [6, 6.07) is 7.13. The van der Waals surface area contributed by atoms with Crippen LogP contribution in [-0.4, -0.2) is 22.8 Å². The first-order valence-corrected chi connectivity index (χ1v) is 7.12. The molecule has 2 aromatic rings. The Kier molecular flexibility index (Phi) is 3.86. The van der Waals surface area contributed by atoms with Gasteiger partial charge in [-0.05, 0) is 30.2 Å². The first-order chi connectivity index (χ1) is 10.1. The number of nitrogens with zero attached hydrogens (tertiary/aromatic N) is 1. The average molecular weight is 304 g/mol. The summed E-state index contributed by atoms with van der Waals surface area (Å²) < 4.78 is 0. The Morgan fingerprint density at radius 3 is 3.00 bits per heavy atom. The van der Waals surface area contributed by atoms with Gasteiger partial charge < -0.3 is 5.32 Å². The SMILES string of the molecule is O=C1CCC(NCc2ccc(Cl)c3cccnc23)C(=O)N1. The molecule has 1 fully saturated rings. The van der Waals surface area contributed by atoms with Crippen molar-refractivity contribution >= 4 is 34.3 Å². The molecule has 6 heteroatoms. The lowest BCUT2D eigenvalue weighted by Gasteiger charge is -2.22.